The highest BCUT2D eigenvalue weighted by Crippen LogP contribution is 2.25. The van der Waals surface area contributed by atoms with E-state index in [1.807, 2.05) is 14.0 Å². The number of hydrogen-bond acceptors (Lipinski definition) is 4. The van der Waals surface area contributed by atoms with Crippen molar-refractivity contribution in [1.82, 2.24) is 9.62 Å². The summed E-state index contributed by atoms with van der Waals surface area (Å²) in [5.41, 5.74) is 0.829. The number of methoxy groups -OCH3 is 1. The first-order valence-corrected chi connectivity index (χ1v) is 8.25. The van der Waals surface area contributed by atoms with Gasteiger partial charge in [0.05, 0.1) is 12.0 Å². The van der Waals surface area contributed by atoms with E-state index in [-0.39, 0.29) is 6.04 Å². The second-order valence-corrected chi connectivity index (χ2v) is 7.06. The first-order chi connectivity index (χ1) is 9.48. The Bertz CT molecular complexity index is 572. The quantitative estimate of drug-likeness (QED) is 0.912. The van der Waals surface area contributed by atoms with Crippen molar-refractivity contribution in [1.29, 1.82) is 0 Å². The zero-order valence-electron chi connectivity index (χ0n) is 12.2. The average molecular weight is 298 g/mol. The average Bonchev–Trinajstić information content (AvgIpc) is 2.47. The third-order valence-corrected chi connectivity index (χ3v) is 5.66. The monoisotopic (exact) mass is 298 g/mol. The minimum Gasteiger partial charge on any atom is -0.496 e. The number of benzene rings is 1. The summed E-state index contributed by atoms with van der Waals surface area (Å²) in [7, 11) is 0.0406. The molecule has 6 heteroatoms. The van der Waals surface area contributed by atoms with Gasteiger partial charge in [-0.25, -0.2) is 8.42 Å². The number of aryl methyl sites for hydroxylation is 1. The van der Waals surface area contributed by atoms with Gasteiger partial charge in [0.2, 0.25) is 10.0 Å². The molecule has 0 bridgehead atoms. The molecular weight excluding hydrogens is 276 g/mol. The van der Waals surface area contributed by atoms with Crippen molar-refractivity contribution in [3.05, 3.63) is 23.8 Å². The first-order valence-electron chi connectivity index (χ1n) is 6.81. The van der Waals surface area contributed by atoms with Crippen LogP contribution in [-0.4, -0.2) is 46.0 Å². The SMILES string of the molecule is CNC1CCCN(S(=O)(=O)c2ccc(OC)c(C)c2)C1. The number of likely N-dealkylation sites (N-methyl/N-ethyl adjacent to an activating group) is 1. The summed E-state index contributed by atoms with van der Waals surface area (Å²) in [6.45, 7) is 2.97. The minimum absolute atomic E-state index is 0.234. The summed E-state index contributed by atoms with van der Waals surface area (Å²) < 4.78 is 32.1. The predicted molar refractivity (Wildman–Crippen MR) is 78.6 cm³/mol. The lowest BCUT2D eigenvalue weighted by Crippen LogP contribution is -2.46. The Morgan fingerprint density at radius 3 is 2.75 bits per heavy atom. The van der Waals surface area contributed by atoms with Crippen molar-refractivity contribution in [2.75, 3.05) is 27.2 Å². The molecule has 0 radical (unpaired) electrons. The van der Waals surface area contributed by atoms with E-state index in [1.54, 1.807) is 29.6 Å². The van der Waals surface area contributed by atoms with Crippen LogP contribution in [0.3, 0.4) is 0 Å². The van der Waals surface area contributed by atoms with E-state index in [9.17, 15) is 8.42 Å². The number of piperidine rings is 1. The molecule has 1 N–H and O–H groups in total. The molecule has 20 heavy (non-hydrogen) atoms. The highest BCUT2D eigenvalue weighted by molar-refractivity contribution is 7.89. The molecule has 1 aliphatic heterocycles. The number of nitrogens with zero attached hydrogens (tertiary/aromatic N) is 1. The zero-order valence-corrected chi connectivity index (χ0v) is 13.0. The Hall–Kier alpha value is -1.11. The molecule has 1 atom stereocenters. The molecule has 5 nitrogen and oxygen atoms in total. The second kappa shape index (κ2) is 6.11. The topological polar surface area (TPSA) is 58.6 Å². The zero-order chi connectivity index (χ0) is 14.8. The van der Waals surface area contributed by atoms with Gasteiger partial charge in [0.15, 0.2) is 0 Å². The standard InChI is InChI=1S/C14H22N2O3S/c1-11-9-13(6-7-14(11)19-3)20(17,18)16-8-4-5-12(10-16)15-2/h6-7,9,12,15H,4-5,8,10H2,1-3H3. The lowest BCUT2D eigenvalue weighted by Gasteiger charge is -2.31. The molecule has 0 spiro atoms. The Labute approximate surface area is 121 Å². The van der Waals surface area contributed by atoms with E-state index in [4.69, 9.17) is 4.74 Å². The third-order valence-electron chi connectivity index (χ3n) is 3.80. The summed E-state index contributed by atoms with van der Waals surface area (Å²) in [5.74, 6) is 0.704. The van der Waals surface area contributed by atoms with Crippen molar-refractivity contribution in [3.63, 3.8) is 0 Å². The van der Waals surface area contributed by atoms with Gasteiger partial charge in [0.1, 0.15) is 5.75 Å². The Morgan fingerprint density at radius 1 is 1.40 bits per heavy atom. The van der Waals surface area contributed by atoms with Gasteiger partial charge in [0.25, 0.3) is 0 Å². The maximum Gasteiger partial charge on any atom is 0.243 e. The van der Waals surface area contributed by atoms with Crippen LogP contribution in [0.5, 0.6) is 5.75 Å². The largest absolute Gasteiger partial charge is 0.496 e. The lowest BCUT2D eigenvalue weighted by atomic mass is 10.1. The van der Waals surface area contributed by atoms with Gasteiger partial charge in [-0.2, -0.15) is 4.31 Å². The fraction of sp³-hybridized carbons (Fsp3) is 0.571. The van der Waals surface area contributed by atoms with Gasteiger partial charge in [-0.1, -0.05) is 0 Å². The Balaban J connectivity index is 2.28. The van der Waals surface area contributed by atoms with E-state index in [0.29, 0.717) is 23.7 Å². The van der Waals surface area contributed by atoms with Crippen LogP contribution >= 0.6 is 0 Å². The lowest BCUT2D eigenvalue weighted by molar-refractivity contribution is 0.293. The van der Waals surface area contributed by atoms with E-state index in [1.165, 1.54) is 0 Å². The first kappa shape index (κ1) is 15.3. The predicted octanol–water partition coefficient (Wildman–Crippen LogP) is 1.38. The smallest absolute Gasteiger partial charge is 0.243 e. The molecule has 1 aromatic carbocycles. The van der Waals surface area contributed by atoms with Crippen molar-refractivity contribution in [2.45, 2.75) is 30.7 Å². The van der Waals surface area contributed by atoms with E-state index in [0.717, 1.165) is 18.4 Å². The summed E-state index contributed by atoms with van der Waals surface area (Å²) in [6, 6.07) is 5.24. The molecule has 1 aliphatic rings. The van der Waals surface area contributed by atoms with Gasteiger partial charge < -0.3 is 10.1 Å². The number of hydrogen-bond donors (Lipinski definition) is 1. The van der Waals surface area contributed by atoms with E-state index in [2.05, 4.69) is 5.32 Å². The molecule has 112 valence electrons. The molecule has 1 unspecified atom stereocenters. The molecule has 2 rings (SSSR count). The van der Waals surface area contributed by atoms with Gasteiger partial charge in [-0.05, 0) is 50.6 Å². The van der Waals surface area contributed by atoms with Gasteiger partial charge >= 0.3 is 0 Å². The maximum atomic E-state index is 12.7. The summed E-state index contributed by atoms with van der Waals surface area (Å²) in [4.78, 5) is 0.340. The highest BCUT2D eigenvalue weighted by atomic mass is 32.2. The van der Waals surface area contributed by atoms with Crippen LogP contribution in [0.2, 0.25) is 0 Å². The number of rotatable bonds is 4. The molecular formula is C14H22N2O3S. The number of nitrogens with one attached hydrogen (secondary N) is 1. The van der Waals surface area contributed by atoms with Crippen molar-refractivity contribution < 1.29 is 13.2 Å². The van der Waals surface area contributed by atoms with Crippen LogP contribution in [0.4, 0.5) is 0 Å². The third kappa shape index (κ3) is 2.97. The summed E-state index contributed by atoms with van der Waals surface area (Å²) >= 11 is 0. The molecule has 1 saturated heterocycles. The maximum absolute atomic E-state index is 12.7. The molecule has 0 amide bonds. The van der Waals surface area contributed by atoms with Crippen LogP contribution in [0.25, 0.3) is 0 Å². The Morgan fingerprint density at radius 2 is 2.15 bits per heavy atom. The van der Waals surface area contributed by atoms with Gasteiger partial charge in [-0.15, -0.1) is 0 Å². The molecule has 0 saturated carbocycles. The van der Waals surface area contributed by atoms with Crippen LogP contribution < -0.4 is 10.1 Å². The molecule has 1 fully saturated rings. The van der Waals surface area contributed by atoms with Crippen LogP contribution in [0.15, 0.2) is 23.1 Å². The van der Waals surface area contributed by atoms with Crippen molar-refractivity contribution in [3.8, 4) is 5.75 Å². The fourth-order valence-electron chi connectivity index (χ4n) is 2.56. The van der Waals surface area contributed by atoms with E-state index < -0.39 is 10.0 Å². The number of sulfonamides is 1. The van der Waals surface area contributed by atoms with Gasteiger partial charge in [0, 0.05) is 19.1 Å². The minimum atomic E-state index is -3.41. The second-order valence-electron chi connectivity index (χ2n) is 5.12. The van der Waals surface area contributed by atoms with Crippen LogP contribution in [0.1, 0.15) is 18.4 Å². The molecule has 0 aromatic heterocycles. The molecule has 1 aromatic rings. The normalized spacial score (nSPS) is 20.9. The van der Waals surface area contributed by atoms with Crippen molar-refractivity contribution in [2.24, 2.45) is 0 Å². The van der Waals surface area contributed by atoms with E-state index >= 15 is 0 Å². The highest BCUT2D eigenvalue weighted by Gasteiger charge is 2.29. The summed E-state index contributed by atoms with van der Waals surface area (Å²) in [6.07, 6.45) is 1.91. The van der Waals surface area contributed by atoms with Crippen LogP contribution in [0, 0.1) is 6.92 Å². The summed E-state index contributed by atoms with van der Waals surface area (Å²) in [5, 5.41) is 3.16. The fourth-order valence-corrected chi connectivity index (χ4v) is 4.17. The molecule has 0 aliphatic carbocycles. The van der Waals surface area contributed by atoms with Gasteiger partial charge in [-0.3, -0.25) is 0 Å². The van der Waals surface area contributed by atoms with Crippen molar-refractivity contribution >= 4 is 10.0 Å². The number of ether oxygens (including phenoxy) is 1. The Kier molecular flexibility index (Phi) is 4.67. The van der Waals surface area contributed by atoms with Crippen LogP contribution in [-0.2, 0) is 10.0 Å². The molecule has 1 heterocycles.